The summed E-state index contributed by atoms with van der Waals surface area (Å²) in [5.41, 5.74) is 6.14. The second kappa shape index (κ2) is 6.14. The van der Waals surface area contributed by atoms with Crippen molar-refractivity contribution in [3.8, 4) is 0 Å². The molecule has 3 aromatic rings. The molecule has 3 rings (SSSR count). The Morgan fingerprint density at radius 2 is 1.75 bits per heavy atom. The highest BCUT2D eigenvalue weighted by Gasteiger charge is 2.16. The Balaban J connectivity index is 2.07. The van der Waals surface area contributed by atoms with Gasteiger partial charge < -0.3 is 11.1 Å². The van der Waals surface area contributed by atoms with E-state index in [4.69, 9.17) is 28.9 Å². The molecular formula is C16H12Cl2N4O2. The number of nitrogen functional groups attached to an aromatic ring is 1. The van der Waals surface area contributed by atoms with Crippen LogP contribution in [0.3, 0.4) is 0 Å². The van der Waals surface area contributed by atoms with Crippen molar-refractivity contribution >= 4 is 51.3 Å². The molecule has 0 bridgehead atoms. The average Bonchev–Trinajstić information content (AvgIpc) is 2.55. The van der Waals surface area contributed by atoms with Gasteiger partial charge in [0.1, 0.15) is 0 Å². The van der Waals surface area contributed by atoms with Crippen LogP contribution in [0.1, 0.15) is 10.5 Å². The Kier molecular flexibility index (Phi) is 4.17. The van der Waals surface area contributed by atoms with Crippen LogP contribution in [-0.4, -0.2) is 15.7 Å². The van der Waals surface area contributed by atoms with Gasteiger partial charge in [-0.3, -0.25) is 9.59 Å². The molecule has 2 aromatic carbocycles. The third kappa shape index (κ3) is 2.81. The summed E-state index contributed by atoms with van der Waals surface area (Å²) in [4.78, 5) is 24.7. The Morgan fingerprint density at radius 1 is 1.17 bits per heavy atom. The number of nitrogens with one attached hydrogen (secondary N) is 1. The number of amides is 1. The van der Waals surface area contributed by atoms with Crippen LogP contribution in [-0.2, 0) is 7.05 Å². The van der Waals surface area contributed by atoms with Crippen molar-refractivity contribution in [2.24, 2.45) is 7.05 Å². The van der Waals surface area contributed by atoms with Gasteiger partial charge >= 0.3 is 0 Å². The first-order valence-electron chi connectivity index (χ1n) is 6.90. The number of benzene rings is 2. The molecule has 24 heavy (non-hydrogen) atoms. The lowest BCUT2D eigenvalue weighted by molar-refractivity contribution is 0.102. The quantitative estimate of drug-likeness (QED) is 0.685. The van der Waals surface area contributed by atoms with Crippen LogP contribution >= 0.6 is 23.2 Å². The van der Waals surface area contributed by atoms with Gasteiger partial charge in [0.2, 0.25) is 0 Å². The number of hydrogen-bond donors (Lipinski definition) is 2. The molecule has 0 atom stereocenters. The molecule has 6 nitrogen and oxygen atoms in total. The number of nitrogens with two attached hydrogens (primary N) is 1. The van der Waals surface area contributed by atoms with Crippen LogP contribution in [0.15, 0.2) is 41.2 Å². The molecule has 0 unspecified atom stereocenters. The maximum Gasteiger partial charge on any atom is 0.276 e. The molecule has 8 heteroatoms. The number of anilines is 2. The van der Waals surface area contributed by atoms with Crippen molar-refractivity contribution in [3.05, 3.63) is 62.5 Å². The van der Waals surface area contributed by atoms with Crippen molar-refractivity contribution in [3.63, 3.8) is 0 Å². The highest BCUT2D eigenvalue weighted by Crippen LogP contribution is 2.31. The van der Waals surface area contributed by atoms with Crippen molar-refractivity contribution in [2.45, 2.75) is 0 Å². The molecule has 0 fully saturated rings. The van der Waals surface area contributed by atoms with Crippen LogP contribution in [0.2, 0.25) is 10.0 Å². The smallest absolute Gasteiger partial charge is 0.276 e. The topological polar surface area (TPSA) is 90.0 Å². The minimum absolute atomic E-state index is 0.122. The molecule has 1 aromatic heterocycles. The van der Waals surface area contributed by atoms with E-state index in [9.17, 15) is 9.59 Å². The molecule has 1 amide bonds. The van der Waals surface area contributed by atoms with E-state index in [2.05, 4.69) is 10.4 Å². The molecular weight excluding hydrogens is 351 g/mol. The minimum Gasteiger partial charge on any atom is -0.396 e. The fourth-order valence-electron chi connectivity index (χ4n) is 2.31. The standard InChI is InChI=1S/C16H12Cl2N4O2/c1-22-16(24)10-5-3-2-4-9(10)14(21-22)15(23)20-8-6-11(17)13(19)12(18)7-8/h2-7H,19H2,1H3,(H,20,23). The summed E-state index contributed by atoms with van der Waals surface area (Å²) in [6.45, 7) is 0. The number of hydrogen-bond acceptors (Lipinski definition) is 4. The first-order chi connectivity index (χ1) is 11.4. The van der Waals surface area contributed by atoms with Crippen molar-refractivity contribution in [1.29, 1.82) is 0 Å². The first kappa shape index (κ1) is 16.3. The molecule has 0 radical (unpaired) electrons. The van der Waals surface area contributed by atoms with Crippen LogP contribution < -0.4 is 16.6 Å². The van der Waals surface area contributed by atoms with Gasteiger partial charge in [-0.1, -0.05) is 41.4 Å². The van der Waals surface area contributed by atoms with Crippen LogP contribution in [0.4, 0.5) is 11.4 Å². The predicted octanol–water partition coefficient (Wildman–Crippen LogP) is 3.07. The molecule has 0 aliphatic heterocycles. The number of aromatic nitrogens is 2. The van der Waals surface area contributed by atoms with Gasteiger partial charge in [-0.25, -0.2) is 4.68 Å². The summed E-state index contributed by atoms with van der Waals surface area (Å²) in [6.07, 6.45) is 0. The van der Waals surface area contributed by atoms with Gasteiger partial charge in [-0.05, 0) is 18.2 Å². The van der Waals surface area contributed by atoms with Crippen LogP contribution in [0.5, 0.6) is 0 Å². The number of rotatable bonds is 2. The number of carbonyl (C=O) groups excluding carboxylic acids is 1. The Morgan fingerprint density at radius 3 is 2.38 bits per heavy atom. The summed E-state index contributed by atoms with van der Waals surface area (Å²) in [5.74, 6) is -0.487. The summed E-state index contributed by atoms with van der Waals surface area (Å²) in [5, 5.41) is 8.06. The number of halogens is 2. The molecule has 0 aliphatic rings. The molecule has 3 N–H and O–H groups in total. The number of nitrogens with zero attached hydrogens (tertiary/aromatic N) is 2. The van der Waals surface area contributed by atoms with Crippen LogP contribution in [0.25, 0.3) is 10.8 Å². The molecule has 0 saturated carbocycles. The lowest BCUT2D eigenvalue weighted by Crippen LogP contribution is -2.25. The number of carbonyl (C=O) groups is 1. The van der Waals surface area contributed by atoms with E-state index in [1.54, 1.807) is 24.3 Å². The molecule has 0 saturated heterocycles. The zero-order valence-corrected chi connectivity index (χ0v) is 14.0. The Hall–Kier alpha value is -2.57. The van der Waals surface area contributed by atoms with Gasteiger partial charge in [-0.2, -0.15) is 5.10 Å². The zero-order valence-electron chi connectivity index (χ0n) is 12.5. The van der Waals surface area contributed by atoms with E-state index in [0.29, 0.717) is 16.5 Å². The second-order valence-electron chi connectivity index (χ2n) is 5.13. The maximum absolute atomic E-state index is 12.6. The summed E-state index contributed by atoms with van der Waals surface area (Å²) >= 11 is 11.9. The van der Waals surface area contributed by atoms with Gasteiger partial charge in [0.15, 0.2) is 5.69 Å². The highest BCUT2D eigenvalue weighted by molar-refractivity contribution is 6.39. The first-order valence-corrected chi connectivity index (χ1v) is 7.66. The maximum atomic E-state index is 12.6. The van der Waals surface area contributed by atoms with Gasteiger partial charge in [-0.15, -0.1) is 0 Å². The lowest BCUT2D eigenvalue weighted by atomic mass is 10.1. The van der Waals surface area contributed by atoms with E-state index >= 15 is 0 Å². The van der Waals surface area contributed by atoms with Crippen molar-refractivity contribution < 1.29 is 4.79 Å². The molecule has 1 heterocycles. The fraction of sp³-hybridized carbons (Fsp3) is 0.0625. The highest BCUT2D eigenvalue weighted by atomic mass is 35.5. The summed E-state index contributed by atoms with van der Waals surface area (Å²) < 4.78 is 1.13. The third-order valence-corrected chi connectivity index (χ3v) is 4.13. The van der Waals surface area contributed by atoms with E-state index < -0.39 is 5.91 Å². The van der Waals surface area contributed by atoms with E-state index in [1.807, 2.05) is 0 Å². The molecule has 0 spiro atoms. The number of aryl methyl sites for hydroxylation is 1. The van der Waals surface area contributed by atoms with Crippen LogP contribution in [0, 0.1) is 0 Å². The average molecular weight is 363 g/mol. The van der Waals surface area contributed by atoms with E-state index in [-0.39, 0.29) is 27.0 Å². The Labute approximate surface area is 146 Å². The Bertz CT molecular complexity index is 1010. The largest absolute Gasteiger partial charge is 0.396 e. The SMILES string of the molecule is Cn1nc(C(=O)Nc2cc(Cl)c(N)c(Cl)c2)c2ccccc2c1=O. The van der Waals surface area contributed by atoms with Gasteiger partial charge in [0.25, 0.3) is 11.5 Å². The third-order valence-electron chi connectivity index (χ3n) is 3.51. The molecule has 0 aliphatic carbocycles. The second-order valence-corrected chi connectivity index (χ2v) is 5.95. The monoisotopic (exact) mass is 362 g/mol. The zero-order chi connectivity index (χ0) is 17.4. The minimum atomic E-state index is -0.487. The van der Waals surface area contributed by atoms with E-state index in [1.165, 1.54) is 19.2 Å². The van der Waals surface area contributed by atoms with Crippen molar-refractivity contribution in [1.82, 2.24) is 9.78 Å². The van der Waals surface area contributed by atoms with Gasteiger partial charge in [0.05, 0.1) is 21.1 Å². The lowest BCUT2D eigenvalue weighted by Gasteiger charge is -2.10. The predicted molar refractivity (Wildman–Crippen MR) is 95.8 cm³/mol. The fourth-order valence-corrected chi connectivity index (χ4v) is 2.80. The summed E-state index contributed by atoms with van der Waals surface area (Å²) in [7, 11) is 1.49. The number of fused-ring (bicyclic) bond motifs is 1. The van der Waals surface area contributed by atoms with Gasteiger partial charge in [0, 0.05) is 18.1 Å². The summed E-state index contributed by atoms with van der Waals surface area (Å²) in [6, 6.07) is 9.76. The molecule has 122 valence electrons. The van der Waals surface area contributed by atoms with Crippen molar-refractivity contribution in [2.75, 3.05) is 11.1 Å². The van der Waals surface area contributed by atoms with E-state index in [0.717, 1.165) is 4.68 Å². The normalized spacial score (nSPS) is 10.8.